The second-order valence-electron chi connectivity index (χ2n) is 17.9. The number of rotatable bonds is 16. The minimum Gasteiger partial charge on any atom is -0.508 e. The Hall–Kier alpha value is -7.13. The number of esters is 2. The molecule has 0 aliphatic carbocycles. The van der Waals surface area contributed by atoms with E-state index < -0.39 is 139 Å². The van der Waals surface area contributed by atoms with Crippen molar-refractivity contribution in [1.29, 1.82) is 0 Å². The highest BCUT2D eigenvalue weighted by molar-refractivity contribution is 5.98. The van der Waals surface area contributed by atoms with Crippen molar-refractivity contribution in [2.24, 2.45) is 17.8 Å². The van der Waals surface area contributed by atoms with Crippen molar-refractivity contribution >= 4 is 53.3 Å². The zero-order valence-corrected chi connectivity index (χ0v) is 41.5. The number of carbonyl (C=O) groups excluding carboxylic acids is 9. The van der Waals surface area contributed by atoms with Crippen molar-refractivity contribution in [3.05, 3.63) is 89.5 Å². The van der Waals surface area contributed by atoms with Gasteiger partial charge in [-0.2, -0.15) is 0 Å². The van der Waals surface area contributed by atoms with Gasteiger partial charge < -0.3 is 62.0 Å². The van der Waals surface area contributed by atoms with Crippen molar-refractivity contribution < 1.29 is 67.9 Å². The summed E-state index contributed by atoms with van der Waals surface area (Å²) in [5.41, 5.74) is 1.45. The number of benzene rings is 2. The topological polar surface area (TPSA) is 317 Å². The number of ether oxygens (including phenoxy) is 2. The number of cyclic esters (lactones) is 1. The number of carbonyl (C=O) groups is 9. The van der Waals surface area contributed by atoms with Gasteiger partial charge in [-0.05, 0) is 62.8 Å². The summed E-state index contributed by atoms with van der Waals surface area (Å²) in [4.78, 5) is 125. The normalized spacial score (nSPS) is 23.9. The number of aliphatic hydroxyl groups excluding tert-OH is 2. The first-order valence-electron chi connectivity index (χ1n) is 23.4. The van der Waals surface area contributed by atoms with E-state index in [-0.39, 0.29) is 24.2 Å². The van der Waals surface area contributed by atoms with Crippen LogP contribution in [0.5, 0.6) is 5.75 Å². The Kier molecular flexibility index (Phi) is 22.9. The van der Waals surface area contributed by atoms with Crippen LogP contribution in [0.3, 0.4) is 0 Å². The summed E-state index contributed by atoms with van der Waals surface area (Å²) in [5.74, 6) is -11.4. The Morgan fingerprint density at radius 2 is 1.38 bits per heavy atom. The van der Waals surface area contributed by atoms with E-state index >= 15 is 0 Å². The summed E-state index contributed by atoms with van der Waals surface area (Å²) in [5, 5.41) is 49.3. The maximum Gasteiger partial charge on any atom is 0.332 e. The minimum absolute atomic E-state index is 0.141. The van der Waals surface area contributed by atoms with Crippen LogP contribution in [0, 0.1) is 17.8 Å². The van der Waals surface area contributed by atoms with Crippen molar-refractivity contribution in [1.82, 2.24) is 37.2 Å². The van der Waals surface area contributed by atoms with E-state index in [0.717, 1.165) is 12.5 Å². The summed E-state index contributed by atoms with van der Waals surface area (Å²) in [6.07, 6.45) is 0.0220. The molecule has 0 spiro atoms. The van der Waals surface area contributed by atoms with E-state index in [1.54, 1.807) is 78.0 Å². The Bertz CT molecular complexity index is 2250. The van der Waals surface area contributed by atoms with Gasteiger partial charge in [0.05, 0.1) is 18.1 Å². The fraction of sp³-hybridized carbons (Fsp3) is 0.500. The Labute approximate surface area is 413 Å². The van der Waals surface area contributed by atoms with Crippen molar-refractivity contribution in [2.75, 3.05) is 13.2 Å². The molecule has 1 aliphatic heterocycles. The first kappa shape index (κ1) is 58.2. The first-order chi connectivity index (χ1) is 33.5. The van der Waals surface area contributed by atoms with Gasteiger partial charge in [-0.25, -0.2) is 4.79 Å². The molecule has 71 heavy (non-hydrogen) atoms. The lowest BCUT2D eigenvalue weighted by molar-refractivity contribution is -0.160. The van der Waals surface area contributed by atoms with Gasteiger partial charge in [-0.3, -0.25) is 38.4 Å². The molecule has 21 heteroatoms. The Morgan fingerprint density at radius 1 is 0.775 bits per heavy atom. The molecule has 11 atom stereocenters. The van der Waals surface area contributed by atoms with Gasteiger partial charge in [-0.15, -0.1) is 0 Å². The molecule has 1 fully saturated rings. The molecular formula is C50H69N7O14. The molecule has 1 heterocycles. The van der Waals surface area contributed by atoms with Gasteiger partial charge in [0, 0.05) is 12.5 Å². The molecule has 11 unspecified atom stereocenters. The maximum absolute atomic E-state index is 14.5. The molecule has 0 bridgehead atoms. The number of hydrogen-bond donors (Lipinski definition) is 10. The van der Waals surface area contributed by atoms with Crippen LogP contribution < -0.4 is 37.2 Å². The molecule has 21 nitrogen and oxygen atoms in total. The van der Waals surface area contributed by atoms with E-state index in [0.29, 0.717) is 5.56 Å². The quantitative estimate of drug-likeness (QED) is 0.0620. The number of phenols is 1. The fourth-order valence-corrected chi connectivity index (χ4v) is 7.04. The fourth-order valence-electron chi connectivity index (χ4n) is 7.04. The largest absolute Gasteiger partial charge is 0.508 e. The highest BCUT2D eigenvalue weighted by atomic mass is 16.6. The highest BCUT2D eigenvalue weighted by Crippen LogP contribution is 2.21. The molecule has 2 aromatic rings. The van der Waals surface area contributed by atoms with Crippen LogP contribution in [0.25, 0.3) is 0 Å². The van der Waals surface area contributed by atoms with E-state index in [1.807, 2.05) is 0 Å². The molecule has 3 rings (SSSR count). The van der Waals surface area contributed by atoms with Crippen LogP contribution >= 0.6 is 0 Å². The second-order valence-corrected chi connectivity index (χ2v) is 17.9. The zero-order valence-electron chi connectivity index (χ0n) is 41.5. The zero-order chi connectivity index (χ0) is 53.1. The van der Waals surface area contributed by atoms with Crippen LogP contribution in [0.1, 0.15) is 85.9 Å². The summed E-state index contributed by atoms with van der Waals surface area (Å²) in [6.45, 7) is 12.3. The predicted molar refractivity (Wildman–Crippen MR) is 258 cm³/mol. The molecule has 0 aromatic heterocycles. The van der Waals surface area contributed by atoms with Crippen molar-refractivity contribution in [2.45, 2.75) is 130 Å². The van der Waals surface area contributed by atoms with Crippen molar-refractivity contribution in [3.8, 4) is 5.75 Å². The third-order valence-corrected chi connectivity index (χ3v) is 11.9. The Morgan fingerprint density at radius 3 is 1.97 bits per heavy atom. The number of phenolic OH excluding ortho intramolecular Hbond substituents is 1. The van der Waals surface area contributed by atoms with Gasteiger partial charge in [0.1, 0.15) is 55.2 Å². The van der Waals surface area contributed by atoms with Gasteiger partial charge in [0.15, 0.2) is 6.04 Å². The lowest BCUT2D eigenvalue weighted by atomic mass is 9.93. The summed E-state index contributed by atoms with van der Waals surface area (Å²) in [7, 11) is 0. The number of nitrogens with one attached hydrogen (secondary N) is 7. The molecule has 10 N–H and O–H groups in total. The van der Waals surface area contributed by atoms with E-state index in [4.69, 9.17) is 9.47 Å². The molecule has 7 amide bonds. The predicted octanol–water partition coefficient (Wildman–Crippen LogP) is 0.423. The van der Waals surface area contributed by atoms with Crippen LogP contribution in [-0.4, -0.2) is 130 Å². The lowest BCUT2D eigenvalue weighted by Gasteiger charge is -2.31. The van der Waals surface area contributed by atoms with Gasteiger partial charge in [0.25, 0.3) is 0 Å². The van der Waals surface area contributed by atoms with Crippen LogP contribution in [0.4, 0.5) is 0 Å². The number of hydrogen-bond acceptors (Lipinski definition) is 14. The molecule has 2 aromatic carbocycles. The number of aliphatic hydroxyl groups is 2. The van der Waals surface area contributed by atoms with Crippen molar-refractivity contribution in [3.63, 3.8) is 0 Å². The lowest BCUT2D eigenvalue weighted by Crippen LogP contribution is -2.61. The Balaban J connectivity index is 2.21. The second kappa shape index (κ2) is 27.9. The van der Waals surface area contributed by atoms with Crippen LogP contribution in [-0.2, 0) is 59.0 Å². The molecule has 0 radical (unpaired) electrons. The smallest absolute Gasteiger partial charge is 0.332 e. The number of aromatic hydroxyl groups is 1. The average molecular weight is 992 g/mol. The number of amides is 7. The summed E-state index contributed by atoms with van der Waals surface area (Å²) >= 11 is 0. The summed E-state index contributed by atoms with van der Waals surface area (Å²) < 4.78 is 11.0. The van der Waals surface area contributed by atoms with E-state index in [1.165, 1.54) is 50.3 Å². The third-order valence-electron chi connectivity index (χ3n) is 11.9. The van der Waals surface area contributed by atoms with E-state index in [9.17, 15) is 58.5 Å². The van der Waals surface area contributed by atoms with E-state index in [2.05, 4.69) is 37.2 Å². The average Bonchev–Trinajstić information content (AvgIpc) is 3.34. The van der Waals surface area contributed by atoms with Crippen LogP contribution in [0.2, 0.25) is 0 Å². The number of allylic oxidation sites excluding steroid dienone is 3. The summed E-state index contributed by atoms with van der Waals surface area (Å²) in [6, 6.07) is 3.55. The minimum atomic E-state index is -1.94. The molecule has 388 valence electrons. The van der Waals surface area contributed by atoms with Gasteiger partial charge in [-0.1, -0.05) is 101 Å². The third kappa shape index (κ3) is 18.0. The molecular weight excluding hydrogens is 923 g/mol. The van der Waals surface area contributed by atoms with Gasteiger partial charge >= 0.3 is 11.9 Å². The maximum atomic E-state index is 14.5. The molecule has 0 saturated carbocycles. The monoisotopic (exact) mass is 991 g/mol. The highest BCUT2D eigenvalue weighted by Gasteiger charge is 2.40. The van der Waals surface area contributed by atoms with Gasteiger partial charge in [0.2, 0.25) is 41.4 Å². The molecule has 1 saturated heterocycles. The standard InChI is InChI=1S/C50H69N7O14/c1-10-27(5)17-22-37(60)51-24-38(61)70-25-36-50(69)71-31(9)41(56-44(63)29(7)43(62)26(3)4)48(67)54-39(28(6)11-2)46(65)57-42(33-18-20-34(59)21-19-33)49(68)52-35(23-32-15-13-12-14-16-32)45(64)55-40(30(8)58)47(66)53-36/h10,12-22,26,28-31,35-36,39-43,58-59,62H,11,23-25H2,1-9H3,(H,51,60)(H,52,68)(H,53,66)(H,54,67)(H,55,64)(H,56,63)(H,57,65). The van der Waals surface area contributed by atoms with Crippen LogP contribution in [0.15, 0.2) is 78.4 Å². The SMILES string of the molecule is CC=C(C)C=CC(=O)NCC(=O)OCC1NC(=O)C(C(C)O)NC(=O)C(Cc2ccccc2)NC(=O)C(c2ccc(O)cc2)NC(=O)C(C(C)CC)NC(=O)C(NC(=O)C(C)C(O)C(C)C)C(C)OC1=O. The molecule has 1 aliphatic rings. The first-order valence-corrected chi connectivity index (χ1v) is 23.4.